The van der Waals surface area contributed by atoms with Crippen molar-refractivity contribution in [3.63, 3.8) is 0 Å². The molecule has 1 rings (SSSR count). The maximum atomic E-state index is 12.2. The number of carbonyl (C=O) groups is 1. The number of carbonyl (C=O) groups excluding carboxylic acids is 1. The number of hydrogen-bond acceptors (Lipinski definition) is 1. The molecule has 1 aromatic carbocycles. The molecule has 3 heteroatoms. The molecular formula is C14H20ClNO. The van der Waals surface area contributed by atoms with Crippen molar-refractivity contribution in [2.45, 2.75) is 38.6 Å². The van der Waals surface area contributed by atoms with E-state index in [1.54, 1.807) is 0 Å². The molecule has 0 spiro atoms. The Kier molecular flexibility index (Phi) is 5.49. The predicted molar refractivity (Wildman–Crippen MR) is 72.5 cm³/mol. The molecule has 1 amide bonds. The molecule has 17 heavy (non-hydrogen) atoms. The molecule has 0 aliphatic carbocycles. The summed E-state index contributed by atoms with van der Waals surface area (Å²) in [6.45, 7) is 4.21. The fraction of sp³-hybridized carbons (Fsp3) is 0.500. The lowest BCUT2D eigenvalue weighted by Crippen LogP contribution is -2.36. The van der Waals surface area contributed by atoms with Gasteiger partial charge in [0.2, 0.25) is 0 Å². The standard InChI is InChI=1S/C14H20ClNO/c1-4-13(5-2)16(3)14(17)12-8-6-11(10-15)7-9-12/h6-9,13H,4-5,10H2,1-3H3. The molecule has 0 fully saturated rings. The fourth-order valence-corrected chi connectivity index (χ4v) is 2.12. The van der Waals surface area contributed by atoms with Gasteiger partial charge in [0.05, 0.1) is 0 Å². The minimum Gasteiger partial charge on any atom is -0.339 e. The van der Waals surface area contributed by atoms with Crippen molar-refractivity contribution >= 4 is 17.5 Å². The average Bonchev–Trinajstić information content (AvgIpc) is 2.39. The quantitative estimate of drug-likeness (QED) is 0.733. The molecule has 0 unspecified atom stereocenters. The molecule has 1 aromatic rings. The van der Waals surface area contributed by atoms with Gasteiger partial charge in [0.1, 0.15) is 0 Å². The van der Waals surface area contributed by atoms with Crippen LogP contribution in [0.3, 0.4) is 0 Å². The van der Waals surface area contributed by atoms with Crippen molar-refractivity contribution in [3.8, 4) is 0 Å². The third kappa shape index (κ3) is 3.47. The number of halogens is 1. The molecule has 0 heterocycles. The summed E-state index contributed by atoms with van der Waals surface area (Å²) in [6.07, 6.45) is 1.97. The summed E-state index contributed by atoms with van der Waals surface area (Å²) in [5.41, 5.74) is 1.77. The first-order valence-electron chi connectivity index (χ1n) is 6.06. The van der Waals surface area contributed by atoms with Crippen molar-refractivity contribution in [1.29, 1.82) is 0 Å². The van der Waals surface area contributed by atoms with Gasteiger partial charge < -0.3 is 4.90 Å². The summed E-state index contributed by atoms with van der Waals surface area (Å²) in [4.78, 5) is 14.0. The molecular weight excluding hydrogens is 234 g/mol. The monoisotopic (exact) mass is 253 g/mol. The van der Waals surface area contributed by atoms with Gasteiger partial charge in [-0.3, -0.25) is 4.79 Å². The zero-order chi connectivity index (χ0) is 12.8. The van der Waals surface area contributed by atoms with Crippen LogP contribution in [0.1, 0.15) is 42.6 Å². The first-order chi connectivity index (χ1) is 8.13. The van der Waals surface area contributed by atoms with E-state index in [9.17, 15) is 4.79 Å². The molecule has 0 radical (unpaired) electrons. The minimum absolute atomic E-state index is 0.0832. The maximum absolute atomic E-state index is 12.2. The fourth-order valence-electron chi connectivity index (χ4n) is 1.94. The Balaban J connectivity index is 2.80. The Bertz CT molecular complexity index is 357. The van der Waals surface area contributed by atoms with Crippen LogP contribution >= 0.6 is 11.6 Å². The van der Waals surface area contributed by atoms with Crippen LogP contribution in [-0.4, -0.2) is 23.9 Å². The first-order valence-corrected chi connectivity index (χ1v) is 6.59. The van der Waals surface area contributed by atoms with Crippen molar-refractivity contribution in [2.75, 3.05) is 7.05 Å². The van der Waals surface area contributed by atoms with Crippen molar-refractivity contribution in [3.05, 3.63) is 35.4 Å². The smallest absolute Gasteiger partial charge is 0.253 e. The van der Waals surface area contributed by atoms with Gasteiger partial charge in [-0.2, -0.15) is 0 Å². The van der Waals surface area contributed by atoms with E-state index in [0.29, 0.717) is 11.9 Å². The van der Waals surface area contributed by atoms with Crippen LogP contribution in [0.2, 0.25) is 0 Å². The van der Waals surface area contributed by atoms with E-state index in [2.05, 4.69) is 13.8 Å². The molecule has 0 aromatic heterocycles. The number of hydrogen-bond donors (Lipinski definition) is 0. The second-order valence-electron chi connectivity index (χ2n) is 4.22. The Morgan fingerprint density at radius 1 is 1.24 bits per heavy atom. The second-order valence-corrected chi connectivity index (χ2v) is 4.48. The first kappa shape index (κ1) is 14.0. The lowest BCUT2D eigenvalue weighted by atomic mass is 10.1. The number of nitrogens with zero attached hydrogens (tertiary/aromatic N) is 1. The number of amides is 1. The molecule has 94 valence electrons. The molecule has 0 bridgehead atoms. The molecule has 0 atom stereocenters. The van der Waals surface area contributed by atoms with Gasteiger partial charge in [-0.1, -0.05) is 26.0 Å². The number of benzene rings is 1. The van der Waals surface area contributed by atoms with E-state index in [-0.39, 0.29) is 5.91 Å². The Morgan fingerprint density at radius 3 is 2.18 bits per heavy atom. The Hall–Kier alpha value is -1.02. The van der Waals surface area contributed by atoms with Crippen LogP contribution < -0.4 is 0 Å². The largest absolute Gasteiger partial charge is 0.339 e. The van der Waals surface area contributed by atoms with E-state index >= 15 is 0 Å². The van der Waals surface area contributed by atoms with Crippen LogP contribution in [0.15, 0.2) is 24.3 Å². The van der Waals surface area contributed by atoms with E-state index in [1.807, 2.05) is 36.2 Å². The third-order valence-corrected chi connectivity index (χ3v) is 3.47. The summed E-state index contributed by atoms with van der Waals surface area (Å²) in [5, 5.41) is 0. The molecule has 0 aliphatic rings. The Morgan fingerprint density at radius 2 is 1.76 bits per heavy atom. The lowest BCUT2D eigenvalue weighted by Gasteiger charge is -2.26. The van der Waals surface area contributed by atoms with Gasteiger partial charge in [-0.15, -0.1) is 11.6 Å². The highest BCUT2D eigenvalue weighted by Crippen LogP contribution is 2.13. The second kappa shape index (κ2) is 6.65. The zero-order valence-corrected chi connectivity index (χ0v) is 11.5. The van der Waals surface area contributed by atoms with E-state index in [1.165, 1.54) is 0 Å². The molecule has 0 N–H and O–H groups in total. The van der Waals surface area contributed by atoms with Crippen molar-refractivity contribution in [2.24, 2.45) is 0 Å². The van der Waals surface area contributed by atoms with Crippen LogP contribution in [0.25, 0.3) is 0 Å². The Labute approximate surface area is 109 Å². The van der Waals surface area contributed by atoms with Gasteiger partial charge in [0.25, 0.3) is 5.91 Å². The summed E-state index contributed by atoms with van der Waals surface area (Å²) in [5.74, 6) is 0.566. The maximum Gasteiger partial charge on any atom is 0.253 e. The highest BCUT2D eigenvalue weighted by atomic mass is 35.5. The SMILES string of the molecule is CCC(CC)N(C)C(=O)c1ccc(CCl)cc1. The average molecular weight is 254 g/mol. The van der Waals surface area contributed by atoms with Crippen LogP contribution in [0.4, 0.5) is 0 Å². The number of rotatable bonds is 5. The van der Waals surface area contributed by atoms with Crippen LogP contribution in [-0.2, 0) is 5.88 Å². The third-order valence-electron chi connectivity index (χ3n) is 3.17. The normalized spacial score (nSPS) is 10.6. The molecule has 0 saturated heterocycles. The summed E-state index contributed by atoms with van der Waals surface area (Å²) >= 11 is 5.72. The van der Waals surface area contributed by atoms with Crippen molar-refractivity contribution in [1.82, 2.24) is 4.90 Å². The van der Waals surface area contributed by atoms with Crippen molar-refractivity contribution < 1.29 is 4.79 Å². The zero-order valence-electron chi connectivity index (χ0n) is 10.7. The number of alkyl halides is 1. The molecule has 0 aliphatic heterocycles. The predicted octanol–water partition coefficient (Wildman–Crippen LogP) is 3.69. The van der Waals surface area contributed by atoms with Gasteiger partial charge in [0, 0.05) is 24.5 Å². The van der Waals surface area contributed by atoms with Crippen LogP contribution in [0.5, 0.6) is 0 Å². The van der Waals surface area contributed by atoms with E-state index in [4.69, 9.17) is 11.6 Å². The summed E-state index contributed by atoms with van der Waals surface area (Å²) < 4.78 is 0. The van der Waals surface area contributed by atoms with Gasteiger partial charge in [0.15, 0.2) is 0 Å². The van der Waals surface area contributed by atoms with Crippen LogP contribution in [0, 0.1) is 0 Å². The molecule has 2 nitrogen and oxygen atoms in total. The van der Waals surface area contributed by atoms with Gasteiger partial charge >= 0.3 is 0 Å². The summed E-state index contributed by atoms with van der Waals surface area (Å²) in [7, 11) is 1.87. The highest BCUT2D eigenvalue weighted by Gasteiger charge is 2.17. The van der Waals surface area contributed by atoms with Gasteiger partial charge in [-0.05, 0) is 30.5 Å². The topological polar surface area (TPSA) is 20.3 Å². The van der Waals surface area contributed by atoms with E-state index in [0.717, 1.165) is 24.0 Å². The van der Waals surface area contributed by atoms with Gasteiger partial charge in [-0.25, -0.2) is 0 Å². The highest BCUT2D eigenvalue weighted by molar-refractivity contribution is 6.17. The molecule has 0 saturated carbocycles. The lowest BCUT2D eigenvalue weighted by molar-refractivity contribution is 0.0723. The summed E-state index contributed by atoms with van der Waals surface area (Å²) in [6, 6.07) is 7.81. The van der Waals surface area contributed by atoms with E-state index < -0.39 is 0 Å². The minimum atomic E-state index is 0.0832.